The first-order valence-electron chi connectivity index (χ1n) is 6.76. The second-order valence-corrected chi connectivity index (χ2v) is 5.39. The third kappa shape index (κ3) is 5.62. The van der Waals surface area contributed by atoms with Crippen molar-refractivity contribution in [1.82, 2.24) is 14.3 Å². The summed E-state index contributed by atoms with van der Waals surface area (Å²) in [5.74, 6) is -1.07. The SMILES string of the molecule is CCN(CC)CCCC(C)Nc1nc(C(F)(F)F)ns1. The molecule has 1 heterocycles. The van der Waals surface area contributed by atoms with Crippen molar-refractivity contribution in [2.45, 2.75) is 45.8 Å². The second kappa shape index (κ2) is 7.78. The first kappa shape index (κ1) is 17.2. The maximum absolute atomic E-state index is 12.4. The molecule has 0 fully saturated rings. The topological polar surface area (TPSA) is 41.0 Å². The highest BCUT2D eigenvalue weighted by Crippen LogP contribution is 2.29. The molecule has 4 nitrogen and oxygen atoms in total. The number of hydrogen-bond acceptors (Lipinski definition) is 5. The van der Waals surface area contributed by atoms with Crippen LogP contribution in [0.2, 0.25) is 0 Å². The molecule has 0 bridgehead atoms. The summed E-state index contributed by atoms with van der Waals surface area (Å²) in [6.45, 7) is 9.21. The van der Waals surface area contributed by atoms with E-state index in [2.05, 4.69) is 33.4 Å². The van der Waals surface area contributed by atoms with E-state index >= 15 is 0 Å². The molecule has 0 aliphatic rings. The summed E-state index contributed by atoms with van der Waals surface area (Å²) < 4.78 is 40.4. The summed E-state index contributed by atoms with van der Waals surface area (Å²) in [6, 6.07) is 0.0830. The Balaban J connectivity index is 2.35. The van der Waals surface area contributed by atoms with Crippen LogP contribution in [0.25, 0.3) is 0 Å². The lowest BCUT2D eigenvalue weighted by molar-refractivity contribution is -0.144. The molecular formula is C12H21F3N4S. The van der Waals surface area contributed by atoms with Crippen LogP contribution in [0.4, 0.5) is 18.3 Å². The highest BCUT2D eigenvalue weighted by atomic mass is 32.1. The monoisotopic (exact) mass is 310 g/mol. The molecule has 20 heavy (non-hydrogen) atoms. The Morgan fingerprint density at radius 1 is 1.30 bits per heavy atom. The van der Waals surface area contributed by atoms with Crippen molar-refractivity contribution in [2.75, 3.05) is 25.0 Å². The second-order valence-electron chi connectivity index (χ2n) is 4.64. The van der Waals surface area contributed by atoms with Gasteiger partial charge in [-0.25, -0.2) is 0 Å². The summed E-state index contributed by atoms with van der Waals surface area (Å²) in [6.07, 6.45) is -2.58. The van der Waals surface area contributed by atoms with Gasteiger partial charge in [-0.15, -0.1) is 0 Å². The Kier molecular flexibility index (Phi) is 6.67. The van der Waals surface area contributed by atoms with Crippen molar-refractivity contribution >= 4 is 16.7 Å². The first-order chi connectivity index (χ1) is 9.36. The van der Waals surface area contributed by atoms with Crippen LogP contribution in [0.1, 0.15) is 39.4 Å². The van der Waals surface area contributed by atoms with Crippen LogP contribution in [0.3, 0.4) is 0 Å². The van der Waals surface area contributed by atoms with Gasteiger partial charge in [0.25, 0.3) is 0 Å². The fourth-order valence-corrected chi connectivity index (χ4v) is 2.54. The summed E-state index contributed by atoms with van der Waals surface area (Å²) >= 11 is 0.751. The molecule has 1 aromatic heterocycles. The fourth-order valence-electron chi connectivity index (χ4n) is 1.84. The van der Waals surface area contributed by atoms with Crippen LogP contribution in [0.15, 0.2) is 0 Å². The van der Waals surface area contributed by atoms with Crippen molar-refractivity contribution in [3.8, 4) is 0 Å². The Morgan fingerprint density at radius 2 is 1.95 bits per heavy atom. The van der Waals surface area contributed by atoms with E-state index < -0.39 is 12.0 Å². The number of hydrogen-bond donors (Lipinski definition) is 1. The van der Waals surface area contributed by atoms with E-state index in [-0.39, 0.29) is 11.2 Å². The predicted molar refractivity (Wildman–Crippen MR) is 75.0 cm³/mol. The molecule has 1 aromatic rings. The summed E-state index contributed by atoms with van der Waals surface area (Å²) in [7, 11) is 0. The first-order valence-corrected chi connectivity index (χ1v) is 7.54. The van der Waals surface area contributed by atoms with Gasteiger partial charge in [0.1, 0.15) is 0 Å². The van der Waals surface area contributed by atoms with E-state index in [0.717, 1.165) is 44.0 Å². The molecule has 0 spiro atoms. The van der Waals surface area contributed by atoms with Gasteiger partial charge in [-0.2, -0.15) is 22.5 Å². The fraction of sp³-hybridized carbons (Fsp3) is 0.833. The Hall–Kier alpha value is -0.890. The lowest BCUT2D eigenvalue weighted by Gasteiger charge is -2.19. The molecule has 116 valence electrons. The minimum absolute atomic E-state index is 0.0830. The van der Waals surface area contributed by atoms with Gasteiger partial charge in [0.15, 0.2) is 0 Å². The zero-order chi connectivity index (χ0) is 15.2. The average Bonchev–Trinajstić information content (AvgIpc) is 2.83. The molecule has 0 aliphatic carbocycles. The molecule has 0 aromatic carbocycles. The zero-order valence-electron chi connectivity index (χ0n) is 12.0. The number of nitrogens with zero attached hydrogens (tertiary/aromatic N) is 3. The van der Waals surface area contributed by atoms with Crippen LogP contribution < -0.4 is 5.32 Å². The van der Waals surface area contributed by atoms with Crippen LogP contribution in [-0.4, -0.2) is 39.9 Å². The standard InChI is InChI=1S/C12H21F3N4S/c1-4-19(5-2)8-6-7-9(3)16-11-17-10(18-20-11)12(13,14)15/h9H,4-8H2,1-3H3,(H,16,17,18). The number of anilines is 1. The molecule has 0 saturated heterocycles. The van der Waals surface area contributed by atoms with Crippen LogP contribution in [0.5, 0.6) is 0 Å². The normalized spacial score (nSPS) is 13.8. The van der Waals surface area contributed by atoms with Crippen molar-refractivity contribution in [2.24, 2.45) is 0 Å². The Morgan fingerprint density at radius 3 is 2.45 bits per heavy atom. The highest BCUT2D eigenvalue weighted by Gasteiger charge is 2.36. The molecule has 0 aliphatic heterocycles. The van der Waals surface area contributed by atoms with E-state index in [1.165, 1.54) is 0 Å². The van der Waals surface area contributed by atoms with Gasteiger partial charge in [0.05, 0.1) is 0 Å². The summed E-state index contributed by atoms with van der Waals surface area (Å²) in [4.78, 5) is 5.78. The van der Waals surface area contributed by atoms with Gasteiger partial charge in [0.2, 0.25) is 11.0 Å². The predicted octanol–water partition coefficient (Wildman–Crippen LogP) is 3.48. The highest BCUT2D eigenvalue weighted by molar-refractivity contribution is 7.09. The minimum Gasteiger partial charge on any atom is -0.358 e. The molecule has 0 saturated carbocycles. The molecule has 1 atom stereocenters. The molecule has 0 amide bonds. The summed E-state index contributed by atoms with van der Waals surface area (Å²) in [5.41, 5.74) is 0. The summed E-state index contributed by atoms with van der Waals surface area (Å²) in [5, 5.41) is 3.20. The van der Waals surface area contributed by atoms with Crippen molar-refractivity contribution < 1.29 is 13.2 Å². The van der Waals surface area contributed by atoms with Gasteiger partial charge in [-0.3, -0.25) is 0 Å². The molecule has 1 unspecified atom stereocenters. The lowest BCUT2D eigenvalue weighted by Crippen LogP contribution is -2.25. The van der Waals surface area contributed by atoms with Gasteiger partial charge in [-0.1, -0.05) is 13.8 Å². The number of aromatic nitrogens is 2. The molecular weight excluding hydrogens is 289 g/mol. The molecule has 1 N–H and O–H groups in total. The number of halogens is 3. The third-order valence-electron chi connectivity index (χ3n) is 3.06. The van der Waals surface area contributed by atoms with E-state index in [0.29, 0.717) is 0 Å². The van der Waals surface area contributed by atoms with Gasteiger partial charge >= 0.3 is 6.18 Å². The molecule has 8 heteroatoms. The van der Waals surface area contributed by atoms with E-state index in [1.54, 1.807) is 0 Å². The van der Waals surface area contributed by atoms with Gasteiger partial charge in [-0.05, 0) is 39.4 Å². The van der Waals surface area contributed by atoms with Crippen molar-refractivity contribution in [1.29, 1.82) is 0 Å². The minimum atomic E-state index is -4.47. The largest absolute Gasteiger partial charge is 0.452 e. The number of alkyl halides is 3. The van der Waals surface area contributed by atoms with E-state index in [4.69, 9.17) is 0 Å². The van der Waals surface area contributed by atoms with Gasteiger partial charge < -0.3 is 10.2 Å². The number of nitrogens with one attached hydrogen (secondary N) is 1. The smallest absolute Gasteiger partial charge is 0.358 e. The Bertz CT molecular complexity index is 390. The van der Waals surface area contributed by atoms with Gasteiger partial charge in [0, 0.05) is 17.6 Å². The third-order valence-corrected chi connectivity index (χ3v) is 3.70. The quantitative estimate of drug-likeness (QED) is 0.798. The van der Waals surface area contributed by atoms with Crippen LogP contribution >= 0.6 is 11.5 Å². The average molecular weight is 310 g/mol. The van der Waals surface area contributed by atoms with E-state index in [9.17, 15) is 13.2 Å². The Labute approximate surface area is 121 Å². The van der Waals surface area contributed by atoms with E-state index in [1.807, 2.05) is 6.92 Å². The maximum atomic E-state index is 12.4. The van der Waals surface area contributed by atoms with Crippen molar-refractivity contribution in [3.63, 3.8) is 0 Å². The maximum Gasteiger partial charge on any atom is 0.452 e. The lowest BCUT2D eigenvalue weighted by atomic mass is 10.2. The zero-order valence-corrected chi connectivity index (χ0v) is 12.8. The molecule has 1 rings (SSSR count). The molecule has 0 radical (unpaired) electrons. The van der Waals surface area contributed by atoms with Crippen LogP contribution in [-0.2, 0) is 6.18 Å². The van der Waals surface area contributed by atoms with Crippen molar-refractivity contribution in [3.05, 3.63) is 5.82 Å². The van der Waals surface area contributed by atoms with Crippen LogP contribution in [0, 0.1) is 0 Å². The number of rotatable bonds is 8.